The van der Waals surface area contributed by atoms with Crippen LogP contribution in [0.25, 0.3) is 0 Å². The molecule has 160 valence electrons. The van der Waals surface area contributed by atoms with Gasteiger partial charge in [0.2, 0.25) is 11.9 Å². The molecule has 0 saturated carbocycles. The SMILES string of the molecule is CC(=O)N1CCN(c2ccc(Nc3ncc(C(N)=O)c(NC(C)(C)C)n3)cc2)CC1. The molecular formula is C21H29N7O2. The van der Waals surface area contributed by atoms with E-state index in [0.717, 1.165) is 37.6 Å². The van der Waals surface area contributed by atoms with Crippen LogP contribution in [0.4, 0.5) is 23.1 Å². The van der Waals surface area contributed by atoms with Gasteiger partial charge in [0.15, 0.2) is 0 Å². The Morgan fingerprint density at radius 2 is 1.70 bits per heavy atom. The number of hydrogen-bond acceptors (Lipinski definition) is 7. The molecule has 1 aliphatic rings. The Morgan fingerprint density at radius 1 is 1.07 bits per heavy atom. The van der Waals surface area contributed by atoms with Gasteiger partial charge in [0, 0.05) is 56.2 Å². The predicted molar refractivity (Wildman–Crippen MR) is 118 cm³/mol. The van der Waals surface area contributed by atoms with Gasteiger partial charge in [-0.3, -0.25) is 9.59 Å². The van der Waals surface area contributed by atoms with Gasteiger partial charge in [0.05, 0.1) is 5.56 Å². The molecule has 0 bridgehead atoms. The molecule has 0 unspecified atom stereocenters. The number of aromatic nitrogens is 2. The number of carbonyl (C=O) groups is 2. The maximum Gasteiger partial charge on any atom is 0.254 e. The second-order valence-electron chi connectivity index (χ2n) is 8.36. The highest BCUT2D eigenvalue weighted by Gasteiger charge is 2.19. The van der Waals surface area contributed by atoms with E-state index in [1.807, 2.05) is 49.9 Å². The highest BCUT2D eigenvalue weighted by atomic mass is 16.2. The van der Waals surface area contributed by atoms with Crippen LogP contribution < -0.4 is 21.3 Å². The lowest BCUT2D eigenvalue weighted by molar-refractivity contribution is -0.129. The number of nitrogens with zero attached hydrogens (tertiary/aromatic N) is 4. The minimum absolute atomic E-state index is 0.122. The summed E-state index contributed by atoms with van der Waals surface area (Å²) in [6, 6.07) is 7.96. The van der Waals surface area contributed by atoms with Gasteiger partial charge < -0.3 is 26.2 Å². The Bertz CT molecular complexity index is 914. The normalized spacial score (nSPS) is 14.4. The van der Waals surface area contributed by atoms with Crippen molar-refractivity contribution in [3.05, 3.63) is 36.0 Å². The average molecular weight is 412 g/mol. The van der Waals surface area contributed by atoms with Crippen molar-refractivity contribution in [2.45, 2.75) is 33.2 Å². The van der Waals surface area contributed by atoms with Crippen molar-refractivity contribution in [3.63, 3.8) is 0 Å². The monoisotopic (exact) mass is 411 g/mol. The quantitative estimate of drug-likeness (QED) is 0.690. The van der Waals surface area contributed by atoms with Crippen LogP contribution in [0.5, 0.6) is 0 Å². The molecule has 4 N–H and O–H groups in total. The van der Waals surface area contributed by atoms with Crippen LogP contribution in [0, 0.1) is 0 Å². The molecule has 0 spiro atoms. The van der Waals surface area contributed by atoms with Crippen molar-refractivity contribution >= 4 is 35.0 Å². The fourth-order valence-corrected chi connectivity index (χ4v) is 3.24. The Hall–Kier alpha value is -3.36. The maximum absolute atomic E-state index is 11.7. The Balaban J connectivity index is 1.70. The smallest absolute Gasteiger partial charge is 0.254 e. The lowest BCUT2D eigenvalue weighted by Gasteiger charge is -2.35. The van der Waals surface area contributed by atoms with Crippen molar-refractivity contribution in [2.24, 2.45) is 5.73 Å². The summed E-state index contributed by atoms with van der Waals surface area (Å²) < 4.78 is 0. The molecule has 2 aromatic rings. The minimum Gasteiger partial charge on any atom is -0.368 e. The van der Waals surface area contributed by atoms with Gasteiger partial charge in [-0.25, -0.2) is 4.98 Å². The molecule has 1 aromatic carbocycles. The van der Waals surface area contributed by atoms with Gasteiger partial charge >= 0.3 is 0 Å². The topological polar surface area (TPSA) is 116 Å². The maximum atomic E-state index is 11.7. The van der Waals surface area contributed by atoms with Crippen molar-refractivity contribution in [2.75, 3.05) is 41.7 Å². The third kappa shape index (κ3) is 5.37. The molecular weight excluding hydrogens is 382 g/mol. The summed E-state index contributed by atoms with van der Waals surface area (Å²) in [6.45, 7) is 10.6. The molecule has 9 nitrogen and oxygen atoms in total. The summed E-state index contributed by atoms with van der Waals surface area (Å²) in [7, 11) is 0. The fraction of sp³-hybridized carbons (Fsp3) is 0.429. The molecule has 3 rings (SSSR count). The molecule has 9 heteroatoms. The van der Waals surface area contributed by atoms with E-state index in [2.05, 4.69) is 25.5 Å². The molecule has 1 saturated heterocycles. The van der Waals surface area contributed by atoms with Crippen LogP contribution in [-0.4, -0.2) is 58.4 Å². The predicted octanol–water partition coefficient (Wildman–Crippen LogP) is 2.20. The number of piperazine rings is 1. The van der Waals surface area contributed by atoms with Gasteiger partial charge in [-0.15, -0.1) is 0 Å². The number of primary amides is 1. The number of anilines is 4. The zero-order valence-corrected chi connectivity index (χ0v) is 17.9. The summed E-state index contributed by atoms with van der Waals surface area (Å²) in [6.07, 6.45) is 1.43. The highest BCUT2D eigenvalue weighted by molar-refractivity contribution is 5.97. The van der Waals surface area contributed by atoms with E-state index in [-0.39, 0.29) is 17.0 Å². The minimum atomic E-state index is -0.581. The average Bonchev–Trinajstić information content (AvgIpc) is 2.67. The van der Waals surface area contributed by atoms with Crippen LogP contribution >= 0.6 is 0 Å². The van der Waals surface area contributed by atoms with Crippen molar-refractivity contribution < 1.29 is 9.59 Å². The summed E-state index contributed by atoms with van der Waals surface area (Å²) in [4.78, 5) is 35.9. The second-order valence-corrected chi connectivity index (χ2v) is 8.36. The molecule has 1 aromatic heterocycles. The summed E-state index contributed by atoms with van der Waals surface area (Å²) in [5, 5.41) is 6.36. The van der Waals surface area contributed by atoms with E-state index in [4.69, 9.17) is 5.73 Å². The number of benzene rings is 1. The van der Waals surface area contributed by atoms with E-state index in [0.29, 0.717) is 11.8 Å². The first kappa shape index (κ1) is 21.4. The van der Waals surface area contributed by atoms with Crippen molar-refractivity contribution in [1.82, 2.24) is 14.9 Å². The number of carbonyl (C=O) groups excluding carboxylic acids is 2. The van der Waals surface area contributed by atoms with E-state index in [1.54, 1.807) is 6.92 Å². The molecule has 30 heavy (non-hydrogen) atoms. The molecule has 0 radical (unpaired) electrons. The first-order chi connectivity index (χ1) is 14.1. The standard InChI is InChI=1S/C21H29N7O2/c1-14(29)27-9-11-28(12-10-27)16-7-5-15(6-8-16)24-20-23-13-17(18(22)30)19(25-20)26-21(2,3)4/h5-8,13H,9-12H2,1-4H3,(H2,22,30)(H2,23,24,25,26). The third-order valence-electron chi connectivity index (χ3n) is 4.76. The van der Waals surface area contributed by atoms with Gasteiger partial charge in [0.25, 0.3) is 5.91 Å². The first-order valence-electron chi connectivity index (χ1n) is 9.95. The number of nitrogens with one attached hydrogen (secondary N) is 2. The highest BCUT2D eigenvalue weighted by Crippen LogP contribution is 2.23. The molecule has 1 aliphatic heterocycles. The van der Waals surface area contributed by atoms with Crippen molar-refractivity contribution in [3.8, 4) is 0 Å². The number of hydrogen-bond donors (Lipinski definition) is 3. The van der Waals surface area contributed by atoms with E-state index >= 15 is 0 Å². The fourth-order valence-electron chi connectivity index (χ4n) is 3.24. The molecule has 0 aliphatic carbocycles. The first-order valence-corrected chi connectivity index (χ1v) is 9.95. The van der Waals surface area contributed by atoms with Gasteiger partial charge in [-0.05, 0) is 45.0 Å². The Labute approximate surface area is 176 Å². The Kier molecular flexibility index (Phi) is 6.09. The number of nitrogens with two attached hydrogens (primary N) is 1. The van der Waals surface area contributed by atoms with E-state index < -0.39 is 5.91 Å². The Morgan fingerprint density at radius 3 is 2.23 bits per heavy atom. The van der Waals surface area contributed by atoms with Crippen LogP contribution in [-0.2, 0) is 4.79 Å². The van der Waals surface area contributed by atoms with E-state index in [9.17, 15) is 9.59 Å². The van der Waals surface area contributed by atoms with Crippen LogP contribution in [0.2, 0.25) is 0 Å². The lowest BCUT2D eigenvalue weighted by Crippen LogP contribution is -2.48. The zero-order chi connectivity index (χ0) is 21.9. The van der Waals surface area contributed by atoms with Gasteiger partial charge in [-0.1, -0.05) is 0 Å². The van der Waals surface area contributed by atoms with Gasteiger partial charge in [-0.2, -0.15) is 4.98 Å². The molecule has 0 atom stereocenters. The molecule has 2 amide bonds. The molecule has 1 fully saturated rings. The summed E-state index contributed by atoms with van der Waals surface area (Å²) in [5.41, 5.74) is 7.33. The third-order valence-corrected chi connectivity index (χ3v) is 4.76. The largest absolute Gasteiger partial charge is 0.368 e. The second kappa shape index (κ2) is 8.56. The number of rotatable bonds is 5. The van der Waals surface area contributed by atoms with Gasteiger partial charge in [0.1, 0.15) is 5.82 Å². The summed E-state index contributed by atoms with van der Waals surface area (Å²) in [5.74, 6) is 0.307. The van der Waals surface area contributed by atoms with Crippen LogP contribution in [0.3, 0.4) is 0 Å². The lowest BCUT2D eigenvalue weighted by atomic mass is 10.1. The summed E-state index contributed by atoms with van der Waals surface area (Å²) >= 11 is 0. The van der Waals surface area contributed by atoms with E-state index in [1.165, 1.54) is 6.20 Å². The van der Waals surface area contributed by atoms with Crippen LogP contribution in [0.15, 0.2) is 30.5 Å². The zero-order valence-electron chi connectivity index (χ0n) is 17.9. The molecule has 2 heterocycles. The number of amides is 2. The van der Waals surface area contributed by atoms with Crippen molar-refractivity contribution in [1.29, 1.82) is 0 Å². The van der Waals surface area contributed by atoms with Crippen LogP contribution in [0.1, 0.15) is 38.1 Å².